The highest BCUT2D eigenvalue weighted by Crippen LogP contribution is 2.25. The molecule has 0 radical (unpaired) electrons. The van der Waals surface area contributed by atoms with Crippen molar-refractivity contribution >= 4 is 11.6 Å². The Bertz CT molecular complexity index is 374. The molecule has 5 heteroatoms. The van der Waals surface area contributed by atoms with Crippen LogP contribution in [0.3, 0.4) is 0 Å². The number of benzene rings is 1. The summed E-state index contributed by atoms with van der Waals surface area (Å²) in [6.45, 7) is 3.15. The first-order chi connectivity index (χ1) is 9.77. The number of aliphatic hydroxyl groups is 1. The Morgan fingerprint density at radius 1 is 1.20 bits per heavy atom. The lowest BCUT2D eigenvalue weighted by Gasteiger charge is -2.10. The molecule has 0 bridgehead atoms. The van der Waals surface area contributed by atoms with Gasteiger partial charge in [0.15, 0.2) is 0 Å². The molecular formula is C15H24ClNO3. The predicted molar refractivity (Wildman–Crippen MR) is 81.5 cm³/mol. The van der Waals surface area contributed by atoms with Gasteiger partial charge in [0.05, 0.1) is 18.2 Å². The normalized spacial score (nSPS) is 10.8. The van der Waals surface area contributed by atoms with E-state index in [2.05, 4.69) is 5.32 Å². The molecular weight excluding hydrogens is 278 g/mol. The minimum atomic E-state index is 0.242. The van der Waals surface area contributed by atoms with E-state index < -0.39 is 0 Å². The summed E-state index contributed by atoms with van der Waals surface area (Å²) in [5.41, 5.74) is 1.12. The van der Waals surface area contributed by atoms with Crippen molar-refractivity contribution in [3.05, 3.63) is 28.8 Å². The number of hydrogen-bond donors (Lipinski definition) is 2. The van der Waals surface area contributed by atoms with E-state index in [0.717, 1.165) is 43.7 Å². The monoisotopic (exact) mass is 301 g/mol. The molecule has 0 aliphatic rings. The molecule has 20 heavy (non-hydrogen) atoms. The highest BCUT2D eigenvalue weighted by molar-refractivity contribution is 6.32. The fourth-order valence-corrected chi connectivity index (χ4v) is 2.01. The molecule has 0 aromatic heterocycles. The van der Waals surface area contributed by atoms with E-state index in [1.54, 1.807) is 7.11 Å². The van der Waals surface area contributed by atoms with E-state index in [9.17, 15) is 0 Å². The van der Waals surface area contributed by atoms with Crippen LogP contribution in [0.5, 0.6) is 5.75 Å². The maximum atomic E-state index is 8.69. The quantitative estimate of drug-likeness (QED) is 0.617. The SMILES string of the molecule is COCCNCc1ccc(OCCCCCO)c(Cl)c1. The Kier molecular flexibility index (Phi) is 9.41. The third kappa shape index (κ3) is 7.10. The highest BCUT2D eigenvalue weighted by atomic mass is 35.5. The number of halogens is 1. The molecule has 1 rings (SSSR count). The van der Waals surface area contributed by atoms with Crippen molar-refractivity contribution in [2.24, 2.45) is 0 Å². The van der Waals surface area contributed by atoms with Crippen LogP contribution in [0.2, 0.25) is 5.02 Å². The average molecular weight is 302 g/mol. The largest absolute Gasteiger partial charge is 0.492 e. The van der Waals surface area contributed by atoms with Crippen molar-refractivity contribution in [1.82, 2.24) is 5.32 Å². The van der Waals surface area contributed by atoms with E-state index in [0.29, 0.717) is 18.2 Å². The van der Waals surface area contributed by atoms with E-state index in [-0.39, 0.29) is 6.61 Å². The Morgan fingerprint density at radius 2 is 2.05 bits per heavy atom. The lowest BCUT2D eigenvalue weighted by molar-refractivity contribution is 0.199. The summed E-state index contributed by atoms with van der Waals surface area (Å²) in [7, 11) is 1.69. The van der Waals surface area contributed by atoms with Crippen LogP contribution in [-0.2, 0) is 11.3 Å². The molecule has 2 N–H and O–H groups in total. The minimum Gasteiger partial charge on any atom is -0.492 e. The van der Waals surface area contributed by atoms with Gasteiger partial charge in [0.1, 0.15) is 5.75 Å². The number of aliphatic hydroxyl groups excluding tert-OH is 1. The first-order valence-electron chi connectivity index (χ1n) is 6.99. The number of ether oxygens (including phenoxy) is 2. The molecule has 0 saturated heterocycles. The Hall–Kier alpha value is -0.810. The van der Waals surface area contributed by atoms with E-state index in [4.69, 9.17) is 26.2 Å². The zero-order valence-corrected chi connectivity index (χ0v) is 12.8. The van der Waals surface area contributed by atoms with Crippen molar-refractivity contribution in [1.29, 1.82) is 0 Å². The zero-order chi connectivity index (χ0) is 14.6. The van der Waals surface area contributed by atoms with Crippen LogP contribution in [-0.4, -0.2) is 38.6 Å². The van der Waals surface area contributed by atoms with Gasteiger partial charge in [0.25, 0.3) is 0 Å². The fraction of sp³-hybridized carbons (Fsp3) is 0.600. The summed E-state index contributed by atoms with van der Waals surface area (Å²) < 4.78 is 10.6. The Labute approximate surface area is 126 Å². The Balaban J connectivity index is 2.31. The van der Waals surface area contributed by atoms with Gasteiger partial charge in [0.2, 0.25) is 0 Å². The summed E-state index contributed by atoms with van der Waals surface area (Å²) in [6.07, 6.45) is 2.72. The van der Waals surface area contributed by atoms with Crippen LogP contribution in [0.15, 0.2) is 18.2 Å². The fourth-order valence-electron chi connectivity index (χ4n) is 1.75. The van der Waals surface area contributed by atoms with E-state index in [1.165, 1.54) is 0 Å². The number of hydrogen-bond acceptors (Lipinski definition) is 4. The number of nitrogens with one attached hydrogen (secondary N) is 1. The van der Waals surface area contributed by atoms with Crippen molar-refractivity contribution in [3.8, 4) is 5.75 Å². The molecule has 0 saturated carbocycles. The van der Waals surface area contributed by atoms with Gasteiger partial charge in [-0.2, -0.15) is 0 Å². The lowest BCUT2D eigenvalue weighted by Crippen LogP contribution is -2.18. The second-order valence-corrected chi connectivity index (χ2v) is 4.97. The maximum absolute atomic E-state index is 8.69. The maximum Gasteiger partial charge on any atom is 0.137 e. The molecule has 0 atom stereocenters. The van der Waals surface area contributed by atoms with Gasteiger partial charge in [-0.3, -0.25) is 0 Å². The van der Waals surface area contributed by atoms with E-state index in [1.807, 2.05) is 18.2 Å². The van der Waals surface area contributed by atoms with Crippen LogP contribution < -0.4 is 10.1 Å². The first-order valence-corrected chi connectivity index (χ1v) is 7.37. The molecule has 4 nitrogen and oxygen atoms in total. The van der Waals surface area contributed by atoms with Gasteiger partial charge in [-0.15, -0.1) is 0 Å². The molecule has 114 valence electrons. The van der Waals surface area contributed by atoms with Crippen LogP contribution in [0.1, 0.15) is 24.8 Å². The van der Waals surface area contributed by atoms with E-state index >= 15 is 0 Å². The molecule has 0 spiro atoms. The van der Waals surface area contributed by atoms with Crippen molar-refractivity contribution in [3.63, 3.8) is 0 Å². The van der Waals surface area contributed by atoms with Crippen LogP contribution in [0.4, 0.5) is 0 Å². The second kappa shape index (κ2) is 10.9. The molecule has 1 aromatic rings. The number of methoxy groups -OCH3 is 1. The van der Waals surface area contributed by atoms with Crippen LogP contribution >= 0.6 is 11.6 Å². The standard InChI is InChI=1S/C15H24ClNO3/c1-19-10-7-17-12-13-5-6-15(14(16)11-13)20-9-4-2-3-8-18/h5-6,11,17-18H,2-4,7-10,12H2,1H3. The number of rotatable bonds is 11. The lowest BCUT2D eigenvalue weighted by atomic mass is 10.2. The van der Waals surface area contributed by atoms with Gasteiger partial charge in [-0.05, 0) is 37.0 Å². The molecule has 0 heterocycles. The van der Waals surface area contributed by atoms with Crippen molar-refractivity contribution < 1.29 is 14.6 Å². The van der Waals surface area contributed by atoms with Crippen LogP contribution in [0.25, 0.3) is 0 Å². The second-order valence-electron chi connectivity index (χ2n) is 4.57. The van der Waals surface area contributed by atoms with Crippen LogP contribution in [0, 0.1) is 0 Å². The van der Waals surface area contributed by atoms with Gasteiger partial charge in [-0.25, -0.2) is 0 Å². The zero-order valence-electron chi connectivity index (χ0n) is 12.0. The summed E-state index contributed by atoms with van der Waals surface area (Å²) in [6, 6.07) is 5.83. The molecule has 1 aromatic carbocycles. The molecule has 0 aliphatic heterocycles. The topological polar surface area (TPSA) is 50.7 Å². The van der Waals surface area contributed by atoms with Gasteiger partial charge >= 0.3 is 0 Å². The third-order valence-electron chi connectivity index (χ3n) is 2.87. The molecule has 0 fully saturated rings. The van der Waals surface area contributed by atoms with Gasteiger partial charge in [0, 0.05) is 26.8 Å². The number of unbranched alkanes of at least 4 members (excludes halogenated alkanes) is 2. The van der Waals surface area contributed by atoms with Crippen molar-refractivity contribution in [2.45, 2.75) is 25.8 Å². The van der Waals surface area contributed by atoms with Gasteiger partial charge < -0.3 is 19.9 Å². The van der Waals surface area contributed by atoms with Gasteiger partial charge in [-0.1, -0.05) is 17.7 Å². The average Bonchev–Trinajstić information content (AvgIpc) is 2.45. The highest BCUT2D eigenvalue weighted by Gasteiger charge is 2.03. The smallest absolute Gasteiger partial charge is 0.137 e. The molecule has 0 unspecified atom stereocenters. The van der Waals surface area contributed by atoms with Crippen molar-refractivity contribution in [2.75, 3.05) is 33.5 Å². The summed E-state index contributed by atoms with van der Waals surface area (Å²) in [5.74, 6) is 0.719. The third-order valence-corrected chi connectivity index (χ3v) is 3.16. The molecule has 0 amide bonds. The predicted octanol–water partition coefficient (Wildman–Crippen LogP) is 2.62. The summed E-state index contributed by atoms with van der Waals surface area (Å²) >= 11 is 6.19. The summed E-state index contributed by atoms with van der Waals surface area (Å²) in [4.78, 5) is 0. The Morgan fingerprint density at radius 3 is 2.75 bits per heavy atom. The summed E-state index contributed by atoms with van der Waals surface area (Å²) in [5, 5.41) is 12.6. The first kappa shape index (κ1) is 17.2. The minimum absolute atomic E-state index is 0.242. The molecule has 0 aliphatic carbocycles.